The first-order valence-corrected chi connectivity index (χ1v) is 6.02. The second-order valence-electron chi connectivity index (χ2n) is 4.18. The normalized spacial score (nSPS) is 10.6. The molecular weight excluding hydrogens is 275 g/mol. The summed E-state index contributed by atoms with van der Waals surface area (Å²) in [6.07, 6.45) is 0. The molecule has 0 unspecified atom stereocenters. The van der Waals surface area contributed by atoms with E-state index in [2.05, 4.69) is 10.2 Å². The third-order valence-corrected chi connectivity index (χ3v) is 2.91. The van der Waals surface area contributed by atoms with Crippen LogP contribution in [0.25, 0.3) is 10.8 Å². The standard InChI is InChI=1S/C16H12N2O.K/c19-16-11-10-15(13-8-4-5-9-14(13)16)18-17-12-6-2-1-3-7-12;/h1-11,19H;. The zero-order chi connectivity index (χ0) is 13.1. The molecule has 3 rings (SSSR count). The van der Waals surface area contributed by atoms with E-state index in [4.69, 9.17) is 0 Å². The van der Waals surface area contributed by atoms with Crippen molar-refractivity contribution >= 4 is 73.5 Å². The van der Waals surface area contributed by atoms with Crippen LogP contribution in [-0.2, 0) is 0 Å². The number of hydrogen-bond acceptors (Lipinski definition) is 3. The predicted octanol–water partition coefficient (Wildman–Crippen LogP) is 4.58. The Hall–Kier alpha value is -1.04. The number of fused-ring (bicyclic) bond motifs is 1. The van der Waals surface area contributed by atoms with Gasteiger partial charge >= 0.3 is 0 Å². The summed E-state index contributed by atoms with van der Waals surface area (Å²) in [7, 11) is 0. The smallest absolute Gasteiger partial charge is 0.123 e. The summed E-state index contributed by atoms with van der Waals surface area (Å²) in [4.78, 5) is 0. The molecular formula is C16H12KN2O. The number of aromatic hydroxyl groups is 1. The fourth-order valence-electron chi connectivity index (χ4n) is 1.96. The fraction of sp³-hybridized carbons (Fsp3) is 0. The molecule has 0 saturated carbocycles. The van der Waals surface area contributed by atoms with Gasteiger partial charge in [-0.2, -0.15) is 5.11 Å². The van der Waals surface area contributed by atoms with E-state index in [1.807, 2.05) is 54.6 Å². The molecule has 0 fully saturated rings. The summed E-state index contributed by atoms with van der Waals surface area (Å²) in [5.74, 6) is 0.259. The topological polar surface area (TPSA) is 45.0 Å². The van der Waals surface area contributed by atoms with Gasteiger partial charge in [-0.25, -0.2) is 0 Å². The first kappa shape index (κ1) is 15.3. The molecule has 0 spiro atoms. The van der Waals surface area contributed by atoms with Crippen molar-refractivity contribution in [1.29, 1.82) is 0 Å². The van der Waals surface area contributed by atoms with Crippen LogP contribution in [0.3, 0.4) is 0 Å². The second kappa shape index (κ2) is 7.10. The van der Waals surface area contributed by atoms with Gasteiger partial charge in [0.1, 0.15) is 5.75 Å². The number of hydrogen-bond donors (Lipinski definition) is 1. The van der Waals surface area contributed by atoms with Crippen molar-refractivity contribution in [2.75, 3.05) is 0 Å². The van der Waals surface area contributed by atoms with E-state index >= 15 is 0 Å². The third kappa shape index (κ3) is 3.34. The number of phenolic OH excluding ortho intramolecular Hbond substituents is 1. The molecule has 0 aliphatic carbocycles. The van der Waals surface area contributed by atoms with Gasteiger partial charge in [-0.15, -0.1) is 5.11 Å². The van der Waals surface area contributed by atoms with Crippen LogP contribution in [0.2, 0.25) is 0 Å². The molecule has 0 atom stereocenters. The molecule has 0 aromatic heterocycles. The predicted molar refractivity (Wildman–Crippen MR) is 82.0 cm³/mol. The summed E-state index contributed by atoms with van der Waals surface area (Å²) < 4.78 is 0. The summed E-state index contributed by atoms with van der Waals surface area (Å²) >= 11 is 0. The van der Waals surface area contributed by atoms with Crippen LogP contribution < -0.4 is 0 Å². The van der Waals surface area contributed by atoms with Crippen LogP contribution in [0.4, 0.5) is 11.4 Å². The van der Waals surface area contributed by atoms with Crippen LogP contribution in [-0.4, -0.2) is 56.5 Å². The quantitative estimate of drug-likeness (QED) is 0.544. The molecule has 0 aliphatic heterocycles. The van der Waals surface area contributed by atoms with Crippen molar-refractivity contribution in [2.45, 2.75) is 0 Å². The zero-order valence-electron chi connectivity index (χ0n) is 11.2. The summed E-state index contributed by atoms with van der Waals surface area (Å²) in [5, 5.41) is 19.9. The van der Waals surface area contributed by atoms with Crippen LogP contribution >= 0.6 is 0 Å². The molecule has 1 radical (unpaired) electrons. The number of benzene rings is 3. The number of rotatable bonds is 2. The second-order valence-corrected chi connectivity index (χ2v) is 4.18. The Kier molecular flexibility index (Phi) is 5.45. The average Bonchev–Trinajstić information content (AvgIpc) is 2.48. The average molecular weight is 287 g/mol. The minimum atomic E-state index is 0. The minimum absolute atomic E-state index is 0. The van der Waals surface area contributed by atoms with Crippen LogP contribution in [0.15, 0.2) is 77.0 Å². The summed E-state index contributed by atoms with van der Waals surface area (Å²) in [5.41, 5.74) is 1.55. The first-order valence-electron chi connectivity index (χ1n) is 6.02. The molecule has 3 aromatic rings. The van der Waals surface area contributed by atoms with Gasteiger partial charge in [-0.1, -0.05) is 42.5 Å². The van der Waals surface area contributed by atoms with Crippen LogP contribution in [0.5, 0.6) is 5.75 Å². The van der Waals surface area contributed by atoms with Gasteiger partial charge in [-0.3, -0.25) is 0 Å². The maximum Gasteiger partial charge on any atom is 0.123 e. The monoisotopic (exact) mass is 287 g/mol. The van der Waals surface area contributed by atoms with Gasteiger partial charge in [0.25, 0.3) is 0 Å². The van der Waals surface area contributed by atoms with E-state index in [0.717, 1.165) is 22.1 Å². The minimum Gasteiger partial charge on any atom is -0.507 e. The maximum atomic E-state index is 9.81. The van der Waals surface area contributed by atoms with Crippen molar-refractivity contribution in [3.05, 3.63) is 66.7 Å². The summed E-state index contributed by atoms with van der Waals surface area (Å²) in [6.45, 7) is 0. The van der Waals surface area contributed by atoms with Crippen molar-refractivity contribution in [1.82, 2.24) is 0 Å². The van der Waals surface area contributed by atoms with Crippen molar-refractivity contribution < 1.29 is 5.11 Å². The zero-order valence-corrected chi connectivity index (χ0v) is 14.3. The van der Waals surface area contributed by atoms with Crippen molar-refractivity contribution in [3.63, 3.8) is 0 Å². The first-order chi connectivity index (χ1) is 9.34. The largest absolute Gasteiger partial charge is 0.507 e. The molecule has 93 valence electrons. The maximum absolute atomic E-state index is 9.81. The third-order valence-electron chi connectivity index (χ3n) is 2.91. The van der Waals surface area contributed by atoms with Gasteiger partial charge in [0.05, 0.1) is 11.4 Å². The van der Waals surface area contributed by atoms with E-state index in [0.29, 0.717) is 0 Å². The molecule has 0 saturated heterocycles. The number of phenols is 1. The van der Waals surface area contributed by atoms with E-state index in [9.17, 15) is 5.11 Å². The molecule has 20 heavy (non-hydrogen) atoms. The molecule has 3 aromatic carbocycles. The SMILES string of the molecule is Oc1ccc(N=Nc2ccccc2)c2ccccc12.[K]. The Bertz CT molecular complexity index is 742. The Morgan fingerprint density at radius 2 is 1.30 bits per heavy atom. The Balaban J connectivity index is 0.00000147. The molecule has 0 bridgehead atoms. The van der Waals surface area contributed by atoms with E-state index in [-0.39, 0.29) is 57.1 Å². The van der Waals surface area contributed by atoms with Gasteiger partial charge in [-0.05, 0) is 24.3 Å². The van der Waals surface area contributed by atoms with E-state index < -0.39 is 0 Å². The molecule has 0 heterocycles. The van der Waals surface area contributed by atoms with Crippen molar-refractivity contribution in [2.24, 2.45) is 10.2 Å². The summed E-state index contributed by atoms with van der Waals surface area (Å²) in [6, 6.07) is 20.6. The van der Waals surface area contributed by atoms with Gasteiger partial charge in [0, 0.05) is 62.2 Å². The molecule has 0 amide bonds. The molecule has 3 nitrogen and oxygen atoms in total. The van der Waals surface area contributed by atoms with Crippen LogP contribution in [0, 0.1) is 0 Å². The van der Waals surface area contributed by atoms with Crippen LogP contribution in [0.1, 0.15) is 0 Å². The number of azo groups is 1. The van der Waals surface area contributed by atoms with Crippen molar-refractivity contribution in [3.8, 4) is 5.75 Å². The Morgan fingerprint density at radius 3 is 2.05 bits per heavy atom. The van der Waals surface area contributed by atoms with E-state index in [1.165, 1.54) is 0 Å². The Morgan fingerprint density at radius 1 is 0.650 bits per heavy atom. The van der Waals surface area contributed by atoms with E-state index in [1.54, 1.807) is 12.1 Å². The van der Waals surface area contributed by atoms with Gasteiger partial charge < -0.3 is 5.11 Å². The fourth-order valence-corrected chi connectivity index (χ4v) is 1.96. The molecule has 1 N–H and O–H groups in total. The molecule has 4 heteroatoms. The molecule has 0 aliphatic rings. The van der Waals surface area contributed by atoms with Gasteiger partial charge in [0.15, 0.2) is 0 Å². The Labute approximate surface area is 159 Å². The number of nitrogens with zero attached hydrogens (tertiary/aromatic N) is 2. The van der Waals surface area contributed by atoms with Gasteiger partial charge in [0.2, 0.25) is 0 Å².